The molecule has 1 unspecified atom stereocenters. The van der Waals surface area contributed by atoms with Gasteiger partial charge in [0.05, 0.1) is 0 Å². The molecule has 0 spiro atoms. The van der Waals surface area contributed by atoms with E-state index in [9.17, 15) is 9.59 Å². The minimum absolute atomic E-state index is 0.0262. The summed E-state index contributed by atoms with van der Waals surface area (Å²) < 4.78 is 4.95. The summed E-state index contributed by atoms with van der Waals surface area (Å²) in [7, 11) is 0. The van der Waals surface area contributed by atoms with Crippen LogP contribution in [0.15, 0.2) is 0 Å². The molecule has 0 fully saturated rings. The van der Waals surface area contributed by atoms with Gasteiger partial charge in [-0.1, -0.05) is 19.8 Å². The maximum Gasteiger partial charge on any atom is 0.293 e. The van der Waals surface area contributed by atoms with Crippen LogP contribution in [0.4, 0.5) is 0 Å². The Kier molecular flexibility index (Phi) is 9.68. The second kappa shape index (κ2) is 10.0. The zero-order chi connectivity index (χ0) is 11.5. The van der Waals surface area contributed by atoms with E-state index in [-0.39, 0.29) is 11.2 Å². The highest BCUT2D eigenvalue weighted by Gasteiger charge is 2.09. The Hall–Kier alpha value is -0.510. The Morgan fingerprint density at radius 3 is 2.53 bits per heavy atom. The molecule has 1 atom stereocenters. The lowest BCUT2D eigenvalue weighted by Crippen LogP contribution is -2.12. The molecule has 0 radical (unpaired) electrons. The van der Waals surface area contributed by atoms with E-state index in [4.69, 9.17) is 4.74 Å². The van der Waals surface area contributed by atoms with Crippen molar-refractivity contribution in [2.45, 2.75) is 58.0 Å². The van der Waals surface area contributed by atoms with Gasteiger partial charge >= 0.3 is 0 Å². The maximum atomic E-state index is 10.6. The number of unbranched alkanes of at least 4 members (excludes halogenated alkanes) is 2. The third kappa shape index (κ3) is 9.79. The van der Waals surface area contributed by atoms with Gasteiger partial charge < -0.3 is 4.74 Å². The zero-order valence-electron chi connectivity index (χ0n) is 9.28. The molecule has 0 aromatic rings. The van der Waals surface area contributed by atoms with Crippen molar-refractivity contribution in [2.75, 3.05) is 0 Å². The molecule has 0 saturated heterocycles. The fraction of sp³-hybridized carbons (Fsp3) is 0.818. The molecule has 88 valence electrons. The number of hydrogen-bond donors (Lipinski definition) is 1. The molecule has 0 aromatic carbocycles. The van der Waals surface area contributed by atoms with E-state index >= 15 is 0 Å². The van der Waals surface area contributed by atoms with Gasteiger partial charge in [0.15, 0.2) is 5.12 Å². The summed E-state index contributed by atoms with van der Waals surface area (Å²) in [5.74, 6) is 0. The first-order chi connectivity index (χ1) is 7.20. The molecule has 4 heteroatoms. The lowest BCUT2D eigenvalue weighted by molar-refractivity contribution is -0.134. The minimum atomic E-state index is -0.103. The van der Waals surface area contributed by atoms with Crippen LogP contribution < -0.4 is 0 Å². The highest BCUT2D eigenvalue weighted by atomic mass is 32.1. The largest absolute Gasteiger partial charge is 0.465 e. The zero-order valence-corrected chi connectivity index (χ0v) is 10.2. The van der Waals surface area contributed by atoms with Gasteiger partial charge in [-0.2, -0.15) is 0 Å². The van der Waals surface area contributed by atoms with Crippen LogP contribution in [0.2, 0.25) is 0 Å². The van der Waals surface area contributed by atoms with Crippen molar-refractivity contribution in [3.8, 4) is 0 Å². The van der Waals surface area contributed by atoms with E-state index in [1.165, 1.54) is 0 Å². The molecule has 0 aromatic heterocycles. The first-order valence-corrected chi connectivity index (χ1v) is 5.96. The van der Waals surface area contributed by atoms with E-state index in [0.717, 1.165) is 38.5 Å². The molecule has 0 rings (SSSR count). The summed E-state index contributed by atoms with van der Waals surface area (Å²) in [6.45, 7) is 2.63. The van der Waals surface area contributed by atoms with E-state index in [1.807, 2.05) is 0 Å². The van der Waals surface area contributed by atoms with Crippen LogP contribution in [-0.4, -0.2) is 17.7 Å². The van der Waals surface area contributed by atoms with Crippen LogP contribution in [-0.2, 0) is 14.3 Å². The number of ether oxygens (including phenoxy) is 1. The molecule has 15 heavy (non-hydrogen) atoms. The van der Waals surface area contributed by atoms with Gasteiger partial charge in [0.25, 0.3) is 6.47 Å². The quantitative estimate of drug-likeness (QED) is 0.358. The molecule has 0 N–H and O–H groups in total. The molecule has 0 aliphatic carbocycles. The van der Waals surface area contributed by atoms with Crippen LogP contribution in [0.3, 0.4) is 0 Å². The van der Waals surface area contributed by atoms with Crippen molar-refractivity contribution in [3.05, 3.63) is 0 Å². The molecule has 0 aliphatic heterocycles. The van der Waals surface area contributed by atoms with Crippen molar-refractivity contribution in [1.29, 1.82) is 0 Å². The minimum Gasteiger partial charge on any atom is -0.465 e. The van der Waals surface area contributed by atoms with E-state index in [0.29, 0.717) is 12.9 Å². The van der Waals surface area contributed by atoms with Gasteiger partial charge in [-0.05, 0) is 25.7 Å². The van der Waals surface area contributed by atoms with E-state index in [2.05, 4.69) is 19.6 Å². The molecule has 0 bridgehead atoms. The monoisotopic (exact) mass is 232 g/mol. The summed E-state index contributed by atoms with van der Waals surface area (Å²) in [4.78, 5) is 20.8. The smallest absolute Gasteiger partial charge is 0.293 e. The van der Waals surface area contributed by atoms with Crippen molar-refractivity contribution in [3.63, 3.8) is 0 Å². The number of rotatable bonds is 10. The Bertz CT molecular complexity index is 183. The summed E-state index contributed by atoms with van der Waals surface area (Å²) >= 11 is 3.69. The van der Waals surface area contributed by atoms with Gasteiger partial charge in [-0.25, -0.2) is 0 Å². The molecule has 0 saturated carbocycles. The van der Waals surface area contributed by atoms with Crippen LogP contribution in [0, 0.1) is 0 Å². The Balaban J connectivity index is 3.62. The van der Waals surface area contributed by atoms with Crippen LogP contribution in [0.25, 0.3) is 0 Å². The molecule has 0 amide bonds. The Labute approximate surface area is 97.0 Å². The number of carbonyl (C=O) groups is 2. The fourth-order valence-corrected chi connectivity index (χ4v) is 1.62. The summed E-state index contributed by atoms with van der Waals surface area (Å²) in [6, 6.07) is 0. The third-order valence-corrected chi connectivity index (χ3v) is 2.52. The summed E-state index contributed by atoms with van der Waals surface area (Å²) in [5.41, 5.74) is 0. The molecular formula is C11H20O3S. The number of carbonyl (C=O) groups excluding carboxylic acids is 2. The van der Waals surface area contributed by atoms with Crippen molar-refractivity contribution < 1.29 is 14.3 Å². The topological polar surface area (TPSA) is 43.4 Å². The lowest BCUT2D eigenvalue weighted by atomic mass is 10.1. The lowest BCUT2D eigenvalue weighted by Gasteiger charge is -2.14. The average Bonchev–Trinajstić information content (AvgIpc) is 2.17. The van der Waals surface area contributed by atoms with Gasteiger partial charge in [0.1, 0.15) is 6.10 Å². The highest BCUT2D eigenvalue weighted by Crippen LogP contribution is 2.13. The van der Waals surface area contributed by atoms with Crippen molar-refractivity contribution >= 4 is 24.2 Å². The standard InChI is InChI=1S/C11H20O3S/c1-2-3-4-6-10(14-9-12)7-5-8-11(13)15/h9-10H,2-8H2,1H3,(H,13,15). The first-order valence-electron chi connectivity index (χ1n) is 5.51. The summed E-state index contributed by atoms with van der Waals surface area (Å²) in [5, 5.41) is -0.103. The molecular weight excluding hydrogens is 212 g/mol. The SMILES string of the molecule is CCCCCC(CCCC(=O)S)OC=O. The fourth-order valence-electron chi connectivity index (χ4n) is 1.46. The normalized spacial score (nSPS) is 12.1. The van der Waals surface area contributed by atoms with Gasteiger partial charge in [-0.3, -0.25) is 9.59 Å². The van der Waals surface area contributed by atoms with Gasteiger partial charge in [0, 0.05) is 6.42 Å². The highest BCUT2D eigenvalue weighted by molar-refractivity contribution is 7.96. The second-order valence-electron chi connectivity index (χ2n) is 3.64. The predicted octanol–water partition coefficient (Wildman–Crippen LogP) is 2.74. The van der Waals surface area contributed by atoms with Crippen LogP contribution >= 0.6 is 12.6 Å². The third-order valence-electron chi connectivity index (χ3n) is 2.29. The van der Waals surface area contributed by atoms with Crippen molar-refractivity contribution in [2.24, 2.45) is 0 Å². The second-order valence-corrected chi connectivity index (χ2v) is 4.13. The predicted molar refractivity (Wildman–Crippen MR) is 62.9 cm³/mol. The van der Waals surface area contributed by atoms with Crippen LogP contribution in [0.5, 0.6) is 0 Å². The summed E-state index contributed by atoms with van der Waals surface area (Å²) in [6.07, 6.45) is 6.21. The Morgan fingerprint density at radius 2 is 2.00 bits per heavy atom. The number of hydrogen-bond acceptors (Lipinski definition) is 3. The maximum absolute atomic E-state index is 10.6. The van der Waals surface area contributed by atoms with Gasteiger partial charge in [0.2, 0.25) is 0 Å². The van der Waals surface area contributed by atoms with Crippen molar-refractivity contribution in [1.82, 2.24) is 0 Å². The first kappa shape index (κ1) is 14.5. The molecule has 0 aliphatic rings. The molecule has 3 nitrogen and oxygen atoms in total. The van der Waals surface area contributed by atoms with E-state index < -0.39 is 0 Å². The van der Waals surface area contributed by atoms with E-state index in [1.54, 1.807) is 0 Å². The van der Waals surface area contributed by atoms with Crippen LogP contribution in [0.1, 0.15) is 51.9 Å². The Morgan fingerprint density at radius 1 is 1.33 bits per heavy atom. The average molecular weight is 232 g/mol. The van der Waals surface area contributed by atoms with Gasteiger partial charge in [-0.15, -0.1) is 12.6 Å². The number of thiol groups is 1. The molecule has 0 heterocycles.